The van der Waals surface area contributed by atoms with Gasteiger partial charge in [-0.2, -0.15) is 0 Å². The molecule has 0 spiro atoms. The van der Waals surface area contributed by atoms with Crippen LogP contribution in [0.4, 0.5) is 0 Å². The van der Waals surface area contributed by atoms with Gasteiger partial charge in [0.15, 0.2) is 0 Å². The first kappa shape index (κ1) is 13.2. The molecule has 0 amide bonds. The minimum atomic E-state index is -0.422. The zero-order chi connectivity index (χ0) is 12.2. The van der Waals surface area contributed by atoms with E-state index in [1.807, 2.05) is 12.1 Å². The van der Waals surface area contributed by atoms with Crippen molar-refractivity contribution in [2.24, 2.45) is 0 Å². The summed E-state index contributed by atoms with van der Waals surface area (Å²) in [6, 6.07) is 8.18. The van der Waals surface area contributed by atoms with E-state index >= 15 is 0 Å². The number of methoxy groups -OCH3 is 1. The topological polar surface area (TPSA) is 29.5 Å². The van der Waals surface area contributed by atoms with Crippen LogP contribution in [-0.4, -0.2) is 18.8 Å². The Hall–Kier alpha value is -0.860. The van der Waals surface area contributed by atoms with Crippen molar-refractivity contribution >= 4 is 0 Å². The summed E-state index contributed by atoms with van der Waals surface area (Å²) in [5.41, 5.74) is 2.41. The second-order valence-corrected chi connectivity index (χ2v) is 5.17. The van der Waals surface area contributed by atoms with Crippen molar-refractivity contribution in [2.75, 3.05) is 13.7 Å². The molecular weight excluding hydrogens is 200 g/mol. The molecule has 1 aromatic carbocycles. The summed E-state index contributed by atoms with van der Waals surface area (Å²) >= 11 is 0. The third-order valence-corrected chi connectivity index (χ3v) is 2.76. The molecule has 0 aliphatic carbocycles. The van der Waals surface area contributed by atoms with E-state index in [-0.39, 0.29) is 5.41 Å². The summed E-state index contributed by atoms with van der Waals surface area (Å²) in [4.78, 5) is 0. The molecule has 1 rings (SSSR count). The molecule has 2 heteroatoms. The van der Waals surface area contributed by atoms with Gasteiger partial charge in [0.25, 0.3) is 0 Å². The van der Waals surface area contributed by atoms with Gasteiger partial charge in [-0.25, -0.2) is 0 Å². The zero-order valence-corrected chi connectivity index (χ0v) is 10.7. The standard InChI is InChI=1S/C14H22O2/c1-14(2,3)12-7-5-11(6-8-12)13(15)9-10-16-4/h5-8,13,15H,9-10H2,1-4H3. The van der Waals surface area contributed by atoms with Gasteiger partial charge < -0.3 is 9.84 Å². The third kappa shape index (κ3) is 3.62. The lowest BCUT2D eigenvalue weighted by atomic mass is 9.86. The third-order valence-electron chi connectivity index (χ3n) is 2.76. The number of aliphatic hydroxyl groups excluding tert-OH is 1. The highest BCUT2D eigenvalue weighted by molar-refractivity contribution is 5.28. The van der Waals surface area contributed by atoms with Crippen molar-refractivity contribution in [3.63, 3.8) is 0 Å². The summed E-state index contributed by atoms with van der Waals surface area (Å²) in [5.74, 6) is 0. The predicted octanol–water partition coefficient (Wildman–Crippen LogP) is 3.05. The van der Waals surface area contributed by atoms with Gasteiger partial charge >= 0.3 is 0 Å². The zero-order valence-electron chi connectivity index (χ0n) is 10.7. The first-order valence-corrected chi connectivity index (χ1v) is 5.72. The normalized spacial score (nSPS) is 13.8. The molecule has 0 saturated heterocycles. The van der Waals surface area contributed by atoms with Crippen LogP contribution in [0.3, 0.4) is 0 Å². The van der Waals surface area contributed by atoms with Gasteiger partial charge in [0.1, 0.15) is 0 Å². The van der Waals surface area contributed by atoms with Crippen molar-refractivity contribution in [3.05, 3.63) is 35.4 Å². The first-order valence-electron chi connectivity index (χ1n) is 5.72. The number of benzene rings is 1. The van der Waals surface area contributed by atoms with Crippen LogP contribution in [0.25, 0.3) is 0 Å². The van der Waals surface area contributed by atoms with Crippen LogP contribution in [0.5, 0.6) is 0 Å². The molecule has 0 fully saturated rings. The molecule has 1 N–H and O–H groups in total. The lowest BCUT2D eigenvalue weighted by Gasteiger charge is -2.20. The van der Waals surface area contributed by atoms with Crippen LogP contribution < -0.4 is 0 Å². The van der Waals surface area contributed by atoms with Crippen LogP contribution in [0.1, 0.15) is 44.4 Å². The summed E-state index contributed by atoms with van der Waals surface area (Å²) in [6.45, 7) is 7.14. The van der Waals surface area contributed by atoms with Gasteiger partial charge in [-0.15, -0.1) is 0 Å². The Bertz CT molecular complexity index is 309. The first-order chi connectivity index (χ1) is 7.45. The molecule has 16 heavy (non-hydrogen) atoms. The SMILES string of the molecule is COCCC(O)c1ccc(C(C)(C)C)cc1. The van der Waals surface area contributed by atoms with E-state index in [0.29, 0.717) is 13.0 Å². The van der Waals surface area contributed by atoms with Crippen molar-refractivity contribution in [2.45, 2.75) is 38.7 Å². The maximum atomic E-state index is 9.87. The molecule has 2 nitrogen and oxygen atoms in total. The fourth-order valence-corrected chi connectivity index (χ4v) is 1.60. The fraction of sp³-hybridized carbons (Fsp3) is 0.571. The largest absolute Gasteiger partial charge is 0.388 e. The van der Waals surface area contributed by atoms with Gasteiger partial charge in [-0.1, -0.05) is 45.0 Å². The van der Waals surface area contributed by atoms with E-state index in [2.05, 4.69) is 32.9 Å². The summed E-state index contributed by atoms with van der Waals surface area (Å²) in [7, 11) is 1.65. The predicted molar refractivity (Wildman–Crippen MR) is 66.6 cm³/mol. The van der Waals surface area contributed by atoms with Crippen LogP contribution >= 0.6 is 0 Å². The monoisotopic (exact) mass is 222 g/mol. The van der Waals surface area contributed by atoms with E-state index in [1.54, 1.807) is 7.11 Å². The van der Waals surface area contributed by atoms with Gasteiger partial charge in [-0.3, -0.25) is 0 Å². The molecule has 0 saturated carbocycles. The van der Waals surface area contributed by atoms with Crippen molar-refractivity contribution in [1.29, 1.82) is 0 Å². The molecule has 0 aliphatic heterocycles. The molecular formula is C14H22O2. The Kier molecular flexibility index (Phi) is 4.51. The molecule has 0 aromatic heterocycles. The van der Waals surface area contributed by atoms with E-state index in [0.717, 1.165) is 5.56 Å². The highest BCUT2D eigenvalue weighted by atomic mass is 16.5. The molecule has 0 radical (unpaired) electrons. The number of ether oxygens (including phenoxy) is 1. The highest BCUT2D eigenvalue weighted by Gasteiger charge is 2.14. The van der Waals surface area contributed by atoms with Gasteiger partial charge in [0.2, 0.25) is 0 Å². The minimum Gasteiger partial charge on any atom is -0.388 e. The van der Waals surface area contributed by atoms with E-state index in [4.69, 9.17) is 4.74 Å². The van der Waals surface area contributed by atoms with Gasteiger partial charge in [0, 0.05) is 20.1 Å². The lowest BCUT2D eigenvalue weighted by molar-refractivity contribution is 0.110. The maximum Gasteiger partial charge on any atom is 0.0812 e. The average Bonchev–Trinajstić information content (AvgIpc) is 2.25. The van der Waals surface area contributed by atoms with Crippen LogP contribution in [0.15, 0.2) is 24.3 Å². The highest BCUT2D eigenvalue weighted by Crippen LogP contribution is 2.24. The Labute approximate surface area is 98.3 Å². The maximum absolute atomic E-state index is 9.87. The Balaban J connectivity index is 2.71. The average molecular weight is 222 g/mol. The molecule has 0 heterocycles. The molecule has 0 bridgehead atoms. The summed E-state index contributed by atoms with van der Waals surface area (Å²) in [5, 5.41) is 9.87. The number of rotatable bonds is 4. The second kappa shape index (κ2) is 5.46. The summed E-state index contributed by atoms with van der Waals surface area (Å²) in [6.07, 6.45) is 0.222. The molecule has 1 aromatic rings. The molecule has 90 valence electrons. The smallest absolute Gasteiger partial charge is 0.0812 e. The minimum absolute atomic E-state index is 0.163. The number of hydrogen-bond acceptors (Lipinski definition) is 2. The Morgan fingerprint density at radius 1 is 1.19 bits per heavy atom. The molecule has 0 aliphatic rings. The second-order valence-electron chi connectivity index (χ2n) is 5.17. The van der Waals surface area contributed by atoms with Gasteiger partial charge in [0.05, 0.1) is 6.10 Å². The fourth-order valence-electron chi connectivity index (χ4n) is 1.60. The van der Waals surface area contributed by atoms with Crippen LogP contribution in [0.2, 0.25) is 0 Å². The quantitative estimate of drug-likeness (QED) is 0.848. The lowest BCUT2D eigenvalue weighted by Crippen LogP contribution is -2.11. The van der Waals surface area contributed by atoms with Crippen molar-refractivity contribution in [3.8, 4) is 0 Å². The van der Waals surface area contributed by atoms with Crippen molar-refractivity contribution < 1.29 is 9.84 Å². The number of hydrogen-bond donors (Lipinski definition) is 1. The van der Waals surface area contributed by atoms with Crippen LogP contribution in [-0.2, 0) is 10.2 Å². The Morgan fingerprint density at radius 3 is 2.19 bits per heavy atom. The van der Waals surface area contributed by atoms with Crippen LogP contribution in [0, 0.1) is 0 Å². The van der Waals surface area contributed by atoms with Gasteiger partial charge in [-0.05, 0) is 16.5 Å². The summed E-state index contributed by atoms with van der Waals surface area (Å²) < 4.78 is 4.95. The Morgan fingerprint density at radius 2 is 1.75 bits per heavy atom. The molecule has 1 atom stereocenters. The molecule has 1 unspecified atom stereocenters. The van der Waals surface area contributed by atoms with E-state index in [1.165, 1.54) is 5.56 Å². The van der Waals surface area contributed by atoms with E-state index in [9.17, 15) is 5.11 Å². The van der Waals surface area contributed by atoms with E-state index < -0.39 is 6.10 Å². The van der Waals surface area contributed by atoms with Crippen molar-refractivity contribution in [1.82, 2.24) is 0 Å². The number of aliphatic hydroxyl groups is 1.